The Hall–Kier alpha value is -1.69. The molecule has 5 nitrogen and oxygen atoms in total. The Morgan fingerprint density at radius 3 is 3.00 bits per heavy atom. The van der Waals surface area contributed by atoms with Crippen LogP contribution in [0.1, 0.15) is 57.4 Å². The number of carbonyl (C=O) groups excluding carboxylic acids is 1. The predicted molar refractivity (Wildman–Crippen MR) is 89.7 cm³/mol. The van der Waals surface area contributed by atoms with Gasteiger partial charge in [0.1, 0.15) is 5.82 Å². The van der Waals surface area contributed by atoms with Crippen molar-refractivity contribution >= 4 is 17.2 Å². The number of fused-ring (bicyclic) bond motifs is 2. The van der Waals surface area contributed by atoms with Crippen LogP contribution < -0.4 is 0 Å². The van der Waals surface area contributed by atoms with Crippen molar-refractivity contribution in [1.82, 2.24) is 19.7 Å². The summed E-state index contributed by atoms with van der Waals surface area (Å²) in [6.45, 7) is 1.52. The molecule has 122 valence electrons. The summed E-state index contributed by atoms with van der Waals surface area (Å²) in [5.74, 6) is 2.08. The molecule has 0 atom stereocenters. The van der Waals surface area contributed by atoms with E-state index < -0.39 is 0 Å². The summed E-state index contributed by atoms with van der Waals surface area (Å²) in [5, 5.41) is 8.48. The molecule has 0 saturated heterocycles. The lowest BCUT2D eigenvalue weighted by molar-refractivity contribution is 0.0784. The molecule has 0 unspecified atom stereocenters. The van der Waals surface area contributed by atoms with Gasteiger partial charge < -0.3 is 9.47 Å². The van der Waals surface area contributed by atoms with Gasteiger partial charge in [-0.15, -0.1) is 21.5 Å². The van der Waals surface area contributed by atoms with E-state index in [1.54, 1.807) is 16.2 Å². The normalized spacial score (nSPS) is 16.7. The Balaban J connectivity index is 1.50. The van der Waals surface area contributed by atoms with Crippen LogP contribution in [0.25, 0.3) is 0 Å². The quantitative estimate of drug-likeness (QED) is 0.813. The van der Waals surface area contributed by atoms with Gasteiger partial charge >= 0.3 is 0 Å². The molecule has 2 aromatic heterocycles. The molecule has 0 aromatic carbocycles. The van der Waals surface area contributed by atoms with E-state index in [9.17, 15) is 4.79 Å². The maximum Gasteiger partial charge on any atom is 0.264 e. The minimum Gasteiger partial charge on any atom is -0.333 e. The van der Waals surface area contributed by atoms with Crippen LogP contribution in [-0.4, -0.2) is 32.6 Å². The maximum absolute atomic E-state index is 12.8. The SMILES string of the molecule is CN(Cc1nnc2n1CCC2)C(=O)c1cc2c(s1)CCCCC2. The van der Waals surface area contributed by atoms with Crippen molar-refractivity contribution in [3.8, 4) is 0 Å². The molecule has 0 spiro atoms. The van der Waals surface area contributed by atoms with Crippen molar-refractivity contribution in [3.63, 3.8) is 0 Å². The van der Waals surface area contributed by atoms with E-state index in [1.165, 1.54) is 29.7 Å². The third kappa shape index (κ3) is 2.80. The highest BCUT2D eigenvalue weighted by Gasteiger charge is 2.22. The molecule has 2 aliphatic rings. The number of nitrogens with zero attached hydrogens (tertiary/aromatic N) is 4. The highest BCUT2D eigenvalue weighted by molar-refractivity contribution is 7.14. The minimum atomic E-state index is 0.110. The van der Waals surface area contributed by atoms with Gasteiger partial charge in [0.2, 0.25) is 0 Å². The topological polar surface area (TPSA) is 51.0 Å². The first-order chi connectivity index (χ1) is 11.2. The fourth-order valence-electron chi connectivity index (χ4n) is 3.57. The lowest BCUT2D eigenvalue weighted by atomic mass is 10.1. The van der Waals surface area contributed by atoms with E-state index in [2.05, 4.69) is 20.8 Å². The van der Waals surface area contributed by atoms with Crippen LogP contribution in [0.5, 0.6) is 0 Å². The average molecular weight is 330 g/mol. The van der Waals surface area contributed by atoms with Crippen LogP contribution in [0.15, 0.2) is 6.07 Å². The molecule has 0 fully saturated rings. The number of aryl methyl sites for hydroxylation is 3. The minimum absolute atomic E-state index is 0.110. The molecule has 2 aromatic rings. The van der Waals surface area contributed by atoms with Crippen molar-refractivity contribution in [2.75, 3.05) is 7.05 Å². The third-order valence-electron chi connectivity index (χ3n) is 4.87. The second-order valence-electron chi connectivity index (χ2n) is 6.57. The van der Waals surface area contributed by atoms with Crippen LogP contribution >= 0.6 is 11.3 Å². The van der Waals surface area contributed by atoms with Crippen molar-refractivity contribution in [2.24, 2.45) is 0 Å². The molecular formula is C17H22N4OS. The molecule has 0 bridgehead atoms. The van der Waals surface area contributed by atoms with Crippen LogP contribution in [-0.2, 0) is 32.4 Å². The Bertz CT molecular complexity index is 710. The number of hydrogen-bond acceptors (Lipinski definition) is 4. The Morgan fingerprint density at radius 1 is 1.22 bits per heavy atom. The first kappa shape index (κ1) is 14.9. The molecule has 23 heavy (non-hydrogen) atoms. The molecule has 1 aliphatic carbocycles. The van der Waals surface area contributed by atoms with E-state index in [-0.39, 0.29) is 5.91 Å². The first-order valence-electron chi connectivity index (χ1n) is 8.50. The largest absolute Gasteiger partial charge is 0.333 e. The van der Waals surface area contributed by atoms with Crippen LogP contribution in [0.3, 0.4) is 0 Å². The van der Waals surface area contributed by atoms with E-state index in [1.807, 2.05) is 7.05 Å². The molecular weight excluding hydrogens is 308 g/mol. The van der Waals surface area contributed by atoms with Gasteiger partial charge in [-0.05, 0) is 43.7 Å². The summed E-state index contributed by atoms with van der Waals surface area (Å²) < 4.78 is 2.16. The van der Waals surface area contributed by atoms with Crippen LogP contribution in [0.2, 0.25) is 0 Å². The molecule has 6 heteroatoms. The van der Waals surface area contributed by atoms with E-state index in [0.29, 0.717) is 6.54 Å². The van der Waals surface area contributed by atoms with Gasteiger partial charge in [0, 0.05) is 24.9 Å². The smallest absolute Gasteiger partial charge is 0.264 e. The van der Waals surface area contributed by atoms with Crippen molar-refractivity contribution in [2.45, 2.75) is 58.0 Å². The predicted octanol–water partition coefficient (Wildman–Crippen LogP) is 2.83. The zero-order chi connectivity index (χ0) is 15.8. The summed E-state index contributed by atoms with van der Waals surface area (Å²) in [7, 11) is 1.86. The molecule has 0 saturated carbocycles. The second kappa shape index (κ2) is 6.07. The van der Waals surface area contributed by atoms with E-state index >= 15 is 0 Å². The van der Waals surface area contributed by atoms with Gasteiger partial charge in [0.25, 0.3) is 5.91 Å². The number of thiophene rings is 1. The fraction of sp³-hybridized carbons (Fsp3) is 0.588. The van der Waals surface area contributed by atoms with Crippen molar-refractivity contribution in [1.29, 1.82) is 0 Å². The van der Waals surface area contributed by atoms with Gasteiger partial charge in [-0.3, -0.25) is 4.79 Å². The van der Waals surface area contributed by atoms with Crippen LogP contribution in [0, 0.1) is 0 Å². The zero-order valence-electron chi connectivity index (χ0n) is 13.5. The summed E-state index contributed by atoms with van der Waals surface area (Å²) in [6.07, 6.45) is 8.20. The molecule has 4 rings (SSSR count). The Labute approximate surface area is 140 Å². The monoisotopic (exact) mass is 330 g/mol. The zero-order valence-corrected chi connectivity index (χ0v) is 14.4. The highest BCUT2D eigenvalue weighted by Crippen LogP contribution is 2.29. The summed E-state index contributed by atoms with van der Waals surface area (Å²) in [4.78, 5) is 16.8. The Kier molecular flexibility index (Phi) is 3.93. The second-order valence-corrected chi connectivity index (χ2v) is 7.71. The van der Waals surface area contributed by atoms with Gasteiger partial charge in [-0.2, -0.15) is 0 Å². The molecule has 1 amide bonds. The number of rotatable bonds is 3. The van der Waals surface area contributed by atoms with Crippen LogP contribution in [0.4, 0.5) is 0 Å². The summed E-state index contributed by atoms with van der Waals surface area (Å²) in [5.41, 5.74) is 1.40. The molecule has 3 heterocycles. The first-order valence-corrected chi connectivity index (χ1v) is 9.32. The number of hydrogen-bond donors (Lipinski definition) is 0. The highest BCUT2D eigenvalue weighted by atomic mass is 32.1. The lowest BCUT2D eigenvalue weighted by Crippen LogP contribution is -2.27. The van der Waals surface area contributed by atoms with Gasteiger partial charge in [0.15, 0.2) is 5.82 Å². The maximum atomic E-state index is 12.8. The average Bonchev–Trinajstić information content (AvgIpc) is 3.21. The van der Waals surface area contributed by atoms with Gasteiger partial charge in [0.05, 0.1) is 11.4 Å². The summed E-state index contributed by atoms with van der Waals surface area (Å²) in [6, 6.07) is 2.12. The molecule has 1 aliphatic heterocycles. The Morgan fingerprint density at radius 2 is 2.09 bits per heavy atom. The molecule has 0 N–H and O–H groups in total. The number of aromatic nitrogens is 3. The summed E-state index contributed by atoms with van der Waals surface area (Å²) >= 11 is 1.69. The standard InChI is InChI=1S/C17H22N4OS/c1-20(11-16-19-18-15-8-5-9-21(15)16)17(22)14-10-12-6-3-2-4-7-13(12)23-14/h10H,2-9,11H2,1H3. The lowest BCUT2D eigenvalue weighted by Gasteiger charge is -2.15. The van der Waals surface area contributed by atoms with Gasteiger partial charge in [-0.25, -0.2) is 0 Å². The van der Waals surface area contributed by atoms with Crippen molar-refractivity contribution < 1.29 is 4.79 Å². The number of amides is 1. The fourth-order valence-corrected chi connectivity index (χ4v) is 4.82. The molecule has 0 radical (unpaired) electrons. The third-order valence-corrected chi connectivity index (χ3v) is 6.09. The van der Waals surface area contributed by atoms with E-state index in [4.69, 9.17) is 0 Å². The number of carbonyl (C=O) groups is 1. The van der Waals surface area contributed by atoms with Gasteiger partial charge in [-0.1, -0.05) is 6.42 Å². The van der Waals surface area contributed by atoms with E-state index in [0.717, 1.165) is 48.8 Å². The van der Waals surface area contributed by atoms with Crippen molar-refractivity contribution in [3.05, 3.63) is 33.0 Å².